The Morgan fingerprint density at radius 2 is 1.88 bits per heavy atom. The first-order valence-electron chi connectivity index (χ1n) is 7.69. The van der Waals surface area contributed by atoms with Gasteiger partial charge < -0.3 is 0 Å². The molecule has 0 unspecified atom stereocenters. The molecule has 0 heterocycles. The summed E-state index contributed by atoms with van der Waals surface area (Å²) in [4.78, 5) is 13.3. The number of carbonyl (C=O) groups excluding carboxylic acids is 1. The van der Waals surface area contributed by atoms with Gasteiger partial charge in [-0.25, -0.2) is 5.43 Å². The van der Waals surface area contributed by atoms with E-state index in [-0.39, 0.29) is 5.91 Å². The minimum atomic E-state index is -0.122. The van der Waals surface area contributed by atoms with E-state index in [1.807, 2.05) is 73.0 Å². The molecule has 0 bridgehead atoms. The summed E-state index contributed by atoms with van der Waals surface area (Å²) in [6.45, 7) is 0. The standard InChI is InChI=1S/C20H18N2OS/c1-24-18-10-4-6-15(12-18)14-21-22-20(23)13-17-9-5-8-16-7-2-3-11-19(16)17/h2-12,14H,13H2,1H3,(H,22,23)/b21-14+. The summed E-state index contributed by atoms with van der Waals surface area (Å²) in [5, 5.41) is 6.30. The number of benzene rings is 3. The van der Waals surface area contributed by atoms with Crippen molar-refractivity contribution in [1.29, 1.82) is 0 Å². The molecule has 1 amide bonds. The number of amides is 1. The highest BCUT2D eigenvalue weighted by Crippen LogP contribution is 2.19. The first-order valence-corrected chi connectivity index (χ1v) is 8.91. The number of carbonyl (C=O) groups is 1. The largest absolute Gasteiger partial charge is 0.273 e. The van der Waals surface area contributed by atoms with Crippen LogP contribution in [0.25, 0.3) is 10.8 Å². The summed E-state index contributed by atoms with van der Waals surface area (Å²) < 4.78 is 0. The SMILES string of the molecule is CSc1cccc(/C=N/NC(=O)Cc2cccc3ccccc23)c1. The van der Waals surface area contributed by atoms with Gasteiger partial charge >= 0.3 is 0 Å². The molecule has 3 aromatic rings. The Hall–Kier alpha value is -2.59. The van der Waals surface area contributed by atoms with Crippen LogP contribution in [0.5, 0.6) is 0 Å². The monoisotopic (exact) mass is 334 g/mol. The van der Waals surface area contributed by atoms with E-state index in [9.17, 15) is 4.79 Å². The molecule has 0 fully saturated rings. The molecule has 0 aliphatic carbocycles. The van der Waals surface area contributed by atoms with Gasteiger partial charge in [0.05, 0.1) is 12.6 Å². The number of nitrogens with zero attached hydrogens (tertiary/aromatic N) is 1. The normalized spacial score (nSPS) is 11.0. The summed E-state index contributed by atoms with van der Waals surface area (Å²) in [5.41, 5.74) is 4.58. The van der Waals surface area contributed by atoms with Gasteiger partial charge in [-0.3, -0.25) is 4.79 Å². The molecular weight excluding hydrogens is 316 g/mol. The van der Waals surface area contributed by atoms with E-state index < -0.39 is 0 Å². The van der Waals surface area contributed by atoms with Gasteiger partial charge in [-0.2, -0.15) is 5.10 Å². The summed E-state index contributed by atoms with van der Waals surface area (Å²) in [6, 6.07) is 22.1. The van der Waals surface area contributed by atoms with Crippen molar-refractivity contribution in [3.63, 3.8) is 0 Å². The Kier molecular flexibility index (Phi) is 5.29. The van der Waals surface area contributed by atoms with Crippen molar-refractivity contribution < 1.29 is 4.79 Å². The van der Waals surface area contributed by atoms with E-state index >= 15 is 0 Å². The molecule has 0 saturated carbocycles. The van der Waals surface area contributed by atoms with E-state index in [4.69, 9.17) is 0 Å². The van der Waals surface area contributed by atoms with Gasteiger partial charge in [-0.05, 0) is 40.3 Å². The van der Waals surface area contributed by atoms with Crippen molar-refractivity contribution in [3.8, 4) is 0 Å². The fourth-order valence-corrected chi connectivity index (χ4v) is 3.03. The van der Waals surface area contributed by atoms with Gasteiger partial charge in [0, 0.05) is 4.90 Å². The van der Waals surface area contributed by atoms with E-state index in [1.54, 1.807) is 18.0 Å². The van der Waals surface area contributed by atoms with Crippen LogP contribution < -0.4 is 5.43 Å². The smallest absolute Gasteiger partial charge is 0.244 e. The molecule has 3 nitrogen and oxygen atoms in total. The van der Waals surface area contributed by atoms with Gasteiger partial charge in [0.15, 0.2) is 0 Å². The van der Waals surface area contributed by atoms with Crippen molar-refractivity contribution in [2.24, 2.45) is 5.10 Å². The van der Waals surface area contributed by atoms with Crippen LogP contribution in [0.2, 0.25) is 0 Å². The van der Waals surface area contributed by atoms with Crippen LogP contribution in [-0.4, -0.2) is 18.4 Å². The van der Waals surface area contributed by atoms with Gasteiger partial charge in [0.25, 0.3) is 0 Å². The molecular formula is C20H18N2OS. The molecule has 0 saturated heterocycles. The predicted octanol–water partition coefficient (Wildman–Crippen LogP) is 4.25. The molecule has 3 rings (SSSR count). The first-order chi connectivity index (χ1) is 11.8. The molecule has 0 aromatic heterocycles. The maximum absolute atomic E-state index is 12.1. The van der Waals surface area contributed by atoms with Crippen LogP contribution >= 0.6 is 11.8 Å². The number of hydrazone groups is 1. The maximum Gasteiger partial charge on any atom is 0.244 e. The Bertz CT molecular complexity index is 884. The van der Waals surface area contributed by atoms with E-state index in [0.717, 1.165) is 21.9 Å². The Labute approximate surface area is 145 Å². The second-order valence-corrected chi connectivity index (χ2v) is 6.26. The number of fused-ring (bicyclic) bond motifs is 1. The van der Waals surface area contributed by atoms with Gasteiger partial charge in [0.2, 0.25) is 5.91 Å². The zero-order chi connectivity index (χ0) is 16.8. The lowest BCUT2D eigenvalue weighted by Crippen LogP contribution is -2.19. The average Bonchev–Trinajstić information content (AvgIpc) is 2.62. The molecule has 1 N–H and O–H groups in total. The number of hydrogen-bond acceptors (Lipinski definition) is 3. The van der Waals surface area contributed by atoms with Crippen LogP contribution in [0.4, 0.5) is 0 Å². The third kappa shape index (κ3) is 4.03. The van der Waals surface area contributed by atoms with Crippen molar-refractivity contribution in [2.45, 2.75) is 11.3 Å². The molecule has 0 spiro atoms. The lowest BCUT2D eigenvalue weighted by molar-refractivity contribution is -0.120. The average molecular weight is 334 g/mol. The second kappa shape index (κ2) is 7.79. The maximum atomic E-state index is 12.1. The van der Waals surface area contributed by atoms with Crippen molar-refractivity contribution >= 4 is 34.7 Å². The predicted molar refractivity (Wildman–Crippen MR) is 102 cm³/mol. The molecule has 3 aromatic carbocycles. The summed E-state index contributed by atoms with van der Waals surface area (Å²) in [5.74, 6) is -0.122. The third-order valence-corrected chi connectivity index (χ3v) is 4.45. The minimum absolute atomic E-state index is 0.122. The van der Waals surface area contributed by atoms with E-state index in [0.29, 0.717) is 6.42 Å². The molecule has 4 heteroatoms. The lowest BCUT2D eigenvalue weighted by atomic mass is 10.0. The highest BCUT2D eigenvalue weighted by atomic mass is 32.2. The molecule has 0 aliphatic rings. The number of thioether (sulfide) groups is 1. The topological polar surface area (TPSA) is 41.5 Å². The van der Waals surface area contributed by atoms with E-state index in [2.05, 4.69) is 10.5 Å². The fraction of sp³-hybridized carbons (Fsp3) is 0.100. The summed E-state index contributed by atoms with van der Waals surface area (Å²) >= 11 is 1.68. The van der Waals surface area contributed by atoms with Crippen LogP contribution in [-0.2, 0) is 11.2 Å². The first kappa shape index (κ1) is 16.3. The zero-order valence-corrected chi connectivity index (χ0v) is 14.2. The third-order valence-electron chi connectivity index (χ3n) is 3.73. The minimum Gasteiger partial charge on any atom is -0.273 e. The lowest BCUT2D eigenvalue weighted by Gasteiger charge is -2.05. The van der Waals surface area contributed by atoms with Crippen molar-refractivity contribution in [2.75, 3.05) is 6.26 Å². The van der Waals surface area contributed by atoms with Gasteiger partial charge in [-0.15, -0.1) is 11.8 Å². The molecule has 0 radical (unpaired) electrons. The molecule has 120 valence electrons. The Balaban J connectivity index is 1.66. The van der Waals surface area contributed by atoms with Crippen molar-refractivity contribution in [3.05, 3.63) is 77.9 Å². The second-order valence-electron chi connectivity index (χ2n) is 5.38. The number of nitrogens with one attached hydrogen (secondary N) is 1. The van der Waals surface area contributed by atoms with Crippen molar-refractivity contribution in [1.82, 2.24) is 5.43 Å². The quantitative estimate of drug-likeness (QED) is 0.430. The van der Waals surface area contributed by atoms with E-state index in [1.165, 1.54) is 4.90 Å². The Morgan fingerprint density at radius 3 is 2.75 bits per heavy atom. The molecule has 0 aliphatic heterocycles. The molecule has 24 heavy (non-hydrogen) atoms. The Morgan fingerprint density at radius 1 is 1.08 bits per heavy atom. The fourth-order valence-electron chi connectivity index (χ4n) is 2.56. The highest BCUT2D eigenvalue weighted by molar-refractivity contribution is 7.98. The van der Waals surface area contributed by atoms with Crippen LogP contribution in [0.3, 0.4) is 0 Å². The summed E-state index contributed by atoms with van der Waals surface area (Å²) in [7, 11) is 0. The van der Waals surface area contributed by atoms with Gasteiger partial charge in [-0.1, -0.05) is 54.6 Å². The number of hydrogen-bond donors (Lipinski definition) is 1. The van der Waals surface area contributed by atoms with Gasteiger partial charge in [0.1, 0.15) is 0 Å². The number of rotatable bonds is 5. The van der Waals surface area contributed by atoms with Crippen LogP contribution in [0, 0.1) is 0 Å². The highest BCUT2D eigenvalue weighted by Gasteiger charge is 2.05. The van der Waals surface area contributed by atoms with Crippen LogP contribution in [0.15, 0.2) is 76.7 Å². The van der Waals surface area contributed by atoms with Crippen LogP contribution in [0.1, 0.15) is 11.1 Å². The summed E-state index contributed by atoms with van der Waals surface area (Å²) in [6.07, 6.45) is 4.01. The zero-order valence-electron chi connectivity index (χ0n) is 13.4. The molecule has 0 atom stereocenters.